The van der Waals surface area contributed by atoms with Crippen LogP contribution < -0.4 is 0 Å². The number of carbonyl (C=O) groups excluding carboxylic acids is 1. The van der Waals surface area contributed by atoms with E-state index < -0.39 is 16.9 Å². The van der Waals surface area contributed by atoms with Crippen molar-refractivity contribution in [3.63, 3.8) is 0 Å². The molecular formula is C15H18BrNO3. The molecule has 1 aromatic rings. The maximum absolute atomic E-state index is 12.6. The number of amides is 1. The maximum Gasteiger partial charge on any atom is 0.329 e. The Morgan fingerprint density at radius 3 is 2.40 bits per heavy atom. The van der Waals surface area contributed by atoms with Gasteiger partial charge in [-0.3, -0.25) is 4.79 Å². The molecule has 1 aliphatic heterocycles. The smallest absolute Gasteiger partial charge is 0.329 e. The van der Waals surface area contributed by atoms with Crippen LogP contribution in [0.3, 0.4) is 0 Å². The van der Waals surface area contributed by atoms with Gasteiger partial charge in [-0.1, -0.05) is 42.8 Å². The number of nitrogens with zero attached hydrogens (tertiary/aromatic N) is 1. The molecule has 0 saturated carbocycles. The largest absolute Gasteiger partial charge is 0.479 e. The first-order valence-electron chi connectivity index (χ1n) is 6.43. The van der Waals surface area contributed by atoms with Crippen molar-refractivity contribution in [2.75, 3.05) is 0 Å². The van der Waals surface area contributed by atoms with Gasteiger partial charge in [0, 0.05) is 16.6 Å². The lowest BCUT2D eigenvalue weighted by Crippen LogP contribution is -2.60. The Hall–Kier alpha value is -1.36. The van der Waals surface area contributed by atoms with Crippen LogP contribution in [0.15, 0.2) is 22.7 Å². The Bertz CT molecular complexity index is 591. The summed E-state index contributed by atoms with van der Waals surface area (Å²) in [6.45, 7) is 7.48. The SMILES string of the molecule is CC(C)(C)C(C)(C(=O)O)N1Cc2ccc(Br)cc2C1=O. The number of fused-ring (bicyclic) bond motifs is 1. The summed E-state index contributed by atoms with van der Waals surface area (Å²) >= 11 is 3.34. The van der Waals surface area contributed by atoms with Crippen molar-refractivity contribution in [1.82, 2.24) is 4.90 Å². The number of aliphatic carboxylic acids is 1. The molecule has 2 rings (SSSR count). The standard InChI is InChI=1S/C15H18BrNO3/c1-14(2,3)15(4,13(19)20)17-8-9-5-6-10(16)7-11(9)12(17)18/h5-7H,8H2,1-4H3,(H,19,20). The molecular weight excluding hydrogens is 322 g/mol. The normalized spacial score (nSPS) is 17.9. The third-order valence-electron chi connectivity index (χ3n) is 4.29. The molecule has 1 heterocycles. The number of rotatable bonds is 2. The molecule has 20 heavy (non-hydrogen) atoms. The van der Waals surface area contributed by atoms with E-state index in [0.29, 0.717) is 12.1 Å². The van der Waals surface area contributed by atoms with E-state index >= 15 is 0 Å². The molecule has 4 nitrogen and oxygen atoms in total. The van der Waals surface area contributed by atoms with Gasteiger partial charge in [-0.15, -0.1) is 0 Å². The number of benzene rings is 1. The first-order valence-corrected chi connectivity index (χ1v) is 7.22. The topological polar surface area (TPSA) is 57.6 Å². The predicted molar refractivity (Wildman–Crippen MR) is 79.5 cm³/mol. The monoisotopic (exact) mass is 339 g/mol. The van der Waals surface area contributed by atoms with Crippen LogP contribution in [0.1, 0.15) is 43.6 Å². The summed E-state index contributed by atoms with van der Waals surface area (Å²) in [7, 11) is 0. The molecule has 5 heteroatoms. The third-order valence-corrected chi connectivity index (χ3v) is 4.79. The van der Waals surface area contributed by atoms with E-state index in [-0.39, 0.29) is 5.91 Å². The van der Waals surface area contributed by atoms with Crippen molar-refractivity contribution in [2.24, 2.45) is 5.41 Å². The van der Waals surface area contributed by atoms with E-state index in [1.54, 1.807) is 13.0 Å². The van der Waals surface area contributed by atoms with Crippen LogP contribution in [0.4, 0.5) is 0 Å². The average molecular weight is 340 g/mol. The predicted octanol–water partition coefficient (Wildman–Crippen LogP) is 3.29. The Balaban J connectivity index is 2.51. The van der Waals surface area contributed by atoms with E-state index in [9.17, 15) is 14.7 Å². The lowest BCUT2D eigenvalue weighted by molar-refractivity contribution is -0.156. The summed E-state index contributed by atoms with van der Waals surface area (Å²) < 4.78 is 0.819. The highest BCUT2D eigenvalue weighted by molar-refractivity contribution is 9.10. The molecule has 1 unspecified atom stereocenters. The third kappa shape index (κ3) is 2.04. The Labute approximate surface area is 126 Å². The van der Waals surface area contributed by atoms with Crippen molar-refractivity contribution < 1.29 is 14.7 Å². The van der Waals surface area contributed by atoms with Gasteiger partial charge in [-0.05, 0) is 30.0 Å². The lowest BCUT2D eigenvalue weighted by atomic mass is 9.73. The zero-order valence-electron chi connectivity index (χ0n) is 12.0. The quantitative estimate of drug-likeness (QED) is 0.899. The first kappa shape index (κ1) is 15.0. The second-order valence-electron chi connectivity index (χ2n) is 6.32. The number of carboxylic acid groups (broad SMARTS) is 1. The molecule has 1 N–H and O–H groups in total. The molecule has 0 aromatic heterocycles. The highest BCUT2D eigenvalue weighted by atomic mass is 79.9. The fourth-order valence-corrected chi connectivity index (χ4v) is 2.84. The molecule has 0 spiro atoms. The van der Waals surface area contributed by atoms with E-state index in [2.05, 4.69) is 15.9 Å². The van der Waals surface area contributed by atoms with Crippen LogP contribution in [0.5, 0.6) is 0 Å². The summed E-state index contributed by atoms with van der Waals surface area (Å²) in [4.78, 5) is 25.9. The zero-order valence-corrected chi connectivity index (χ0v) is 13.6. The van der Waals surface area contributed by atoms with E-state index in [1.165, 1.54) is 4.90 Å². The van der Waals surface area contributed by atoms with Crippen molar-refractivity contribution in [3.05, 3.63) is 33.8 Å². The van der Waals surface area contributed by atoms with Gasteiger partial charge >= 0.3 is 5.97 Å². The number of carboxylic acids is 1. The first-order chi connectivity index (χ1) is 9.09. The molecule has 1 aliphatic rings. The Morgan fingerprint density at radius 1 is 1.30 bits per heavy atom. The molecule has 0 radical (unpaired) electrons. The minimum atomic E-state index is -1.25. The lowest BCUT2D eigenvalue weighted by Gasteiger charge is -2.44. The highest BCUT2D eigenvalue weighted by Crippen LogP contribution is 2.41. The Kier molecular flexibility index (Phi) is 3.45. The van der Waals surface area contributed by atoms with Crippen LogP contribution in [0.25, 0.3) is 0 Å². The molecule has 0 bridgehead atoms. The van der Waals surface area contributed by atoms with Gasteiger partial charge in [0.05, 0.1) is 0 Å². The molecule has 0 saturated heterocycles. The van der Waals surface area contributed by atoms with E-state index in [0.717, 1.165) is 10.0 Å². The second-order valence-corrected chi connectivity index (χ2v) is 7.24. The number of halogens is 1. The van der Waals surface area contributed by atoms with Crippen molar-refractivity contribution in [1.29, 1.82) is 0 Å². The summed E-state index contributed by atoms with van der Waals surface area (Å²) in [5, 5.41) is 9.68. The van der Waals surface area contributed by atoms with E-state index in [1.807, 2.05) is 32.9 Å². The van der Waals surface area contributed by atoms with Gasteiger partial charge in [-0.25, -0.2) is 4.79 Å². The second kappa shape index (κ2) is 4.58. The highest BCUT2D eigenvalue weighted by Gasteiger charge is 2.53. The summed E-state index contributed by atoms with van der Waals surface area (Å²) in [5.41, 5.74) is -0.380. The molecule has 0 aliphatic carbocycles. The summed E-state index contributed by atoms with van der Waals surface area (Å²) in [6.07, 6.45) is 0. The molecule has 1 amide bonds. The number of carbonyl (C=O) groups is 2. The van der Waals surface area contributed by atoms with Gasteiger partial charge in [0.15, 0.2) is 0 Å². The van der Waals surface area contributed by atoms with Crippen LogP contribution in [-0.2, 0) is 11.3 Å². The maximum atomic E-state index is 12.6. The minimum absolute atomic E-state index is 0.221. The van der Waals surface area contributed by atoms with E-state index in [4.69, 9.17) is 0 Å². The fourth-order valence-electron chi connectivity index (χ4n) is 2.48. The number of hydrogen-bond donors (Lipinski definition) is 1. The molecule has 1 aromatic carbocycles. The number of hydrogen-bond acceptors (Lipinski definition) is 2. The van der Waals surface area contributed by atoms with Gasteiger partial charge in [-0.2, -0.15) is 0 Å². The molecule has 1 atom stereocenters. The van der Waals surface area contributed by atoms with Crippen LogP contribution in [0, 0.1) is 5.41 Å². The van der Waals surface area contributed by atoms with Gasteiger partial charge in [0.25, 0.3) is 5.91 Å². The Morgan fingerprint density at radius 2 is 1.90 bits per heavy atom. The summed E-state index contributed by atoms with van der Waals surface area (Å²) in [5.74, 6) is -1.20. The zero-order chi connectivity index (χ0) is 15.3. The fraction of sp³-hybridized carbons (Fsp3) is 0.467. The average Bonchev–Trinajstić information content (AvgIpc) is 2.64. The summed E-state index contributed by atoms with van der Waals surface area (Å²) in [6, 6.07) is 5.48. The van der Waals surface area contributed by atoms with Crippen LogP contribution in [0.2, 0.25) is 0 Å². The van der Waals surface area contributed by atoms with Crippen LogP contribution in [-0.4, -0.2) is 27.4 Å². The van der Waals surface area contributed by atoms with Crippen molar-refractivity contribution in [3.8, 4) is 0 Å². The molecule has 108 valence electrons. The minimum Gasteiger partial charge on any atom is -0.479 e. The van der Waals surface area contributed by atoms with Crippen molar-refractivity contribution in [2.45, 2.75) is 39.8 Å². The van der Waals surface area contributed by atoms with Gasteiger partial charge < -0.3 is 10.0 Å². The molecule has 0 fully saturated rings. The van der Waals surface area contributed by atoms with Crippen LogP contribution >= 0.6 is 15.9 Å². The van der Waals surface area contributed by atoms with Gasteiger partial charge in [0.2, 0.25) is 0 Å². The van der Waals surface area contributed by atoms with Gasteiger partial charge in [0.1, 0.15) is 5.54 Å². The van der Waals surface area contributed by atoms with Crippen molar-refractivity contribution >= 4 is 27.8 Å².